The Morgan fingerprint density at radius 3 is 2.74 bits per heavy atom. The number of sulfonamides is 1. The van der Waals surface area contributed by atoms with Crippen molar-refractivity contribution in [3.63, 3.8) is 0 Å². The molecule has 0 heterocycles. The summed E-state index contributed by atoms with van der Waals surface area (Å²) in [5.41, 5.74) is 5.85. The summed E-state index contributed by atoms with van der Waals surface area (Å²) in [7, 11) is -2.22. The zero-order valence-corrected chi connectivity index (χ0v) is 11.8. The molecular formula is C12H19FN2O3S. The highest BCUT2D eigenvalue weighted by Crippen LogP contribution is 2.17. The van der Waals surface area contributed by atoms with Gasteiger partial charge in [-0.15, -0.1) is 0 Å². The Bertz CT molecular complexity index is 520. The van der Waals surface area contributed by atoms with Crippen LogP contribution in [0.4, 0.5) is 4.39 Å². The quantitative estimate of drug-likeness (QED) is 0.780. The maximum Gasteiger partial charge on any atom is 0.241 e. The highest BCUT2D eigenvalue weighted by Gasteiger charge is 2.19. The molecule has 0 saturated carbocycles. The second kappa shape index (κ2) is 6.95. The van der Waals surface area contributed by atoms with Gasteiger partial charge in [-0.1, -0.05) is 13.0 Å². The van der Waals surface area contributed by atoms with E-state index in [-0.39, 0.29) is 23.9 Å². The van der Waals surface area contributed by atoms with Crippen LogP contribution in [0.1, 0.15) is 12.5 Å². The highest BCUT2D eigenvalue weighted by molar-refractivity contribution is 7.89. The van der Waals surface area contributed by atoms with Gasteiger partial charge < -0.3 is 10.5 Å². The lowest BCUT2D eigenvalue weighted by Crippen LogP contribution is -2.31. The molecule has 7 heteroatoms. The van der Waals surface area contributed by atoms with Gasteiger partial charge in [0.05, 0.1) is 4.90 Å². The lowest BCUT2D eigenvalue weighted by molar-refractivity contribution is 0.161. The molecule has 1 aromatic carbocycles. The van der Waals surface area contributed by atoms with Crippen LogP contribution in [0.25, 0.3) is 0 Å². The summed E-state index contributed by atoms with van der Waals surface area (Å²) in [6.45, 7) is 2.54. The van der Waals surface area contributed by atoms with Crippen molar-refractivity contribution >= 4 is 10.0 Å². The number of hydrogen-bond donors (Lipinski definition) is 2. The Morgan fingerprint density at radius 1 is 1.47 bits per heavy atom. The Labute approximate surface area is 113 Å². The van der Waals surface area contributed by atoms with Gasteiger partial charge in [0.1, 0.15) is 5.82 Å². The third-order valence-electron chi connectivity index (χ3n) is 2.61. The van der Waals surface area contributed by atoms with Gasteiger partial charge in [-0.2, -0.15) is 0 Å². The number of rotatable bonds is 7. The van der Waals surface area contributed by atoms with E-state index in [1.165, 1.54) is 12.1 Å². The second-order valence-electron chi connectivity index (χ2n) is 4.37. The van der Waals surface area contributed by atoms with Crippen molar-refractivity contribution in [2.45, 2.75) is 18.4 Å². The fraction of sp³-hybridized carbons (Fsp3) is 0.500. The summed E-state index contributed by atoms with van der Waals surface area (Å²) >= 11 is 0. The SMILES string of the molecule is COCC(C)CNS(=O)(=O)c1cc(F)ccc1CN. The fourth-order valence-corrected chi connectivity index (χ4v) is 3.04. The van der Waals surface area contributed by atoms with Crippen molar-refractivity contribution in [3.05, 3.63) is 29.6 Å². The van der Waals surface area contributed by atoms with Gasteiger partial charge in [-0.3, -0.25) is 0 Å². The predicted molar refractivity (Wildman–Crippen MR) is 70.5 cm³/mol. The van der Waals surface area contributed by atoms with E-state index in [0.717, 1.165) is 6.07 Å². The molecule has 0 spiro atoms. The predicted octanol–water partition coefficient (Wildman–Crippen LogP) is 0.845. The number of benzene rings is 1. The lowest BCUT2D eigenvalue weighted by Gasteiger charge is -2.14. The first-order chi connectivity index (χ1) is 8.90. The van der Waals surface area contributed by atoms with E-state index < -0.39 is 15.8 Å². The molecule has 5 nitrogen and oxygen atoms in total. The molecule has 0 aromatic heterocycles. The van der Waals surface area contributed by atoms with Crippen LogP contribution in [0.3, 0.4) is 0 Å². The topological polar surface area (TPSA) is 81.4 Å². The monoisotopic (exact) mass is 290 g/mol. The Balaban J connectivity index is 2.91. The van der Waals surface area contributed by atoms with Crippen LogP contribution in [-0.4, -0.2) is 28.7 Å². The molecule has 0 radical (unpaired) electrons. The summed E-state index contributed by atoms with van der Waals surface area (Å²) in [5, 5.41) is 0. The number of hydrogen-bond acceptors (Lipinski definition) is 4. The zero-order chi connectivity index (χ0) is 14.5. The van der Waals surface area contributed by atoms with Crippen LogP contribution >= 0.6 is 0 Å². The smallest absolute Gasteiger partial charge is 0.241 e. The normalized spacial score (nSPS) is 13.5. The van der Waals surface area contributed by atoms with Crippen LogP contribution in [0.15, 0.2) is 23.1 Å². The molecule has 1 unspecified atom stereocenters. The van der Waals surface area contributed by atoms with E-state index in [4.69, 9.17) is 10.5 Å². The minimum atomic E-state index is -3.76. The van der Waals surface area contributed by atoms with E-state index in [1.807, 2.05) is 6.92 Å². The maximum atomic E-state index is 13.2. The minimum absolute atomic E-state index is 0.0228. The summed E-state index contributed by atoms with van der Waals surface area (Å²) < 4.78 is 44.7. The summed E-state index contributed by atoms with van der Waals surface area (Å²) in [5.74, 6) is -0.586. The molecule has 0 aliphatic carbocycles. The Kier molecular flexibility index (Phi) is 5.86. The third-order valence-corrected chi connectivity index (χ3v) is 4.12. The van der Waals surface area contributed by atoms with Crippen molar-refractivity contribution in [3.8, 4) is 0 Å². The number of halogens is 1. The summed E-state index contributed by atoms with van der Waals surface area (Å²) in [6, 6.07) is 3.54. The first kappa shape index (κ1) is 16.0. The molecule has 0 aliphatic heterocycles. The molecular weight excluding hydrogens is 271 g/mol. The molecule has 19 heavy (non-hydrogen) atoms. The average Bonchev–Trinajstić information content (AvgIpc) is 2.37. The van der Waals surface area contributed by atoms with Gasteiger partial charge in [0.15, 0.2) is 0 Å². The average molecular weight is 290 g/mol. The van der Waals surface area contributed by atoms with Crippen molar-refractivity contribution in [2.24, 2.45) is 11.7 Å². The molecule has 1 rings (SSSR count). The Hall–Kier alpha value is -1.02. The summed E-state index contributed by atoms with van der Waals surface area (Å²) in [6.07, 6.45) is 0. The first-order valence-electron chi connectivity index (χ1n) is 5.87. The lowest BCUT2D eigenvalue weighted by atomic mass is 10.2. The molecule has 3 N–H and O–H groups in total. The highest BCUT2D eigenvalue weighted by atomic mass is 32.2. The van der Waals surface area contributed by atoms with E-state index in [1.54, 1.807) is 7.11 Å². The molecule has 1 aromatic rings. The minimum Gasteiger partial charge on any atom is -0.384 e. The first-order valence-corrected chi connectivity index (χ1v) is 7.36. The number of methoxy groups -OCH3 is 1. The van der Waals surface area contributed by atoms with Crippen molar-refractivity contribution in [2.75, 3.05) is 20.3 Å². The Morgan fingerprint density at radius 2 is 2.16 bits per heavy atom. The van der Waals surface area contributed by atoms with Crippen molar-refractivity contribution in [1.29, 1.82) is 0 Å². The molecule has 0 saturated heterocycles. The number of nitrogens with two attached hydrogens (primary N) is 1. The second-order valence-corrected chi connectivity index (χ2v) is 6.10. The van der Waals surface area contributed by atoms with Gasteiger partial charge in [0.25, 0.3) is 0 Å². The number of ether oxygens (including phenoxy) is 1. The fourth-order valence-electron chi connectivity index (χ4n) is 1.62. The molecule has 1 atom stereocenters. The van der Waals surface area contributed by atoms with Gasteiger partial charge in [0.2, 0.25) is 10.0 Å². The van der Waals surface area contributed by atoms with Crippen LogP contribution in [0.5, 0.6) is 0 Å². The van der Waals surface area contributed by atoms with Crippen LogP contribution < -0.4 is 10.5 Å². The summed E-state index contributed by atoms with van der Waals surface area (Å²) in [4.78, 5) is -0.111. The van der Waals surface area contributed by atoms with Gasteiger partial charge >= 0.3 is 0 Å². The van der Waals surface area contributed by atoms with E-state index in [0.29, 0.717) is 12.2 Å². The van der Waals surface area contributed by atoms with Crippen LogP contribution in [0, 0.1) is 11.7 Å². The largest absolute Gasteiger partial charge is 0.384 e. The van der Waals surface area contributed by atoms with Crippen molar-refractivity contribution in [1.82, 2.24) is 4.72 Å². The van der Waals surface area contributed by atoms with Crippen LogP contribution in [0.2, 0.25) is 0 Å². The van der Waals surface area contributed by atoms with Gasteiger partial charge in [-0.05, 0) is 23.6 Å². The van der Waals surface area contributed by atoms with E-state index >= 15 is 0 Å². The van der Waals surface area contributed by atoms with Crippen LogP contribution in [-0.2, 0) is 21.3 Å². The third kappa shape index (κ3) is 4.54. The zero-order valence-electron chi connectivity index (χ0n) is 11.0. The molecule has 108 valence electrons. The maximum absolute atomic E-state index is 13.2. The molecule has 0 fully saturated rings. The molecule has 0 bridgehead atoms. The van der Waals surface area contributed by atoms with Gasteiger partial charge in [-0.25, -0.2) is 17.5 Å². The van der Waals surface area contributed by atoms with Gasteiger partial charge in [0, 0.05) is 26.8 Å². The number of nitrogens with one attached hydrogen (secondary N) is 1. The standard InChI is InChI=1S/C12H19FN2O3S/c1-9(8-18-2)7-15-19(16,17)12-5-11(13)4-3-10(12)6-14/h3-5,9,15H,6-8,14H2,1-2H3. The molecule has 0 amide bonds. The molecule has 0 aliphatic rings. The van der Waals surface area contributed by atoms with Crippen molar-refractivity contribution < 1.29 is 17.5 Å². The van der Waals surface area contributed by atoms with E-state index in [9.17, 15) is 12.8 Å². The van der Waals surface area contributed by atoms with E-state index in [2.05, 4.69) is 4.72 Å².